The van der Waals surface area contributed by atoms with Crippen LogP contribution in [0.2, 0.25) is 0 Å². The van der Waals surface area contributed by atoms with Gasteiger partial charge in [0.15, 0.2) is 0 Å². The fourth-order valence-electron chi connectivity index (χ4n) is 2.67. The van der Waals surface area contributed by atoms with Crippen molar-refractivity contribution in [2.24, 2.45) is 5.10 Å². The molecule has 0 spiro atoms. The van der Waals surface area contributed by atoms with Crippen molar-refractivity contribution in [1.82, 2.24) is 5.43 Å². The second kappa shape index (κ2) is 9.24. The van der Waals surface area contributed by atoms with E-state index in [0.717, 1.165) is 27.0 Å². The number of hydrazone groups is 1. The number of hydrogen-bond donors (Lipinski definition) is 1. The van der Waals surface area contributed by atoms with E-state index in [4.69, 9.17) is 4.74 Å². The van der Waals surface area contributed by atoms with E-state index in [1.54, 1.807) is 6.21 Å². The molecule has 0 fully saturated rings. The van der Waals surface area contributed by atoms with Crippen molar-refractivity contribution in [2.75, 3.05) is 12.4 Å². The van der Waals surface area contributed by atoms with E-state index in [1.807, 2.05) is 74.5 Å². The second-order valence-corrected chi connectivity index (χ2v) is 7.08. The highest BCUT2D eigenvalue weighted by Gasteiger charge is 2.07. The average Bonchev–Trinajstić information content (AvgIpc) is 2.69. The standard InChI is InChI=1S/C22H22N2O2S/c1-3-26-21-13-10-17-6-4-5-7-19(17)20(21)14-23-24-22(25)15-27-18-11-8-16(2)9-12-18/h4-14H,3,15H2,1-2H3,(H,24,25)/b23-14+. The van der Waals surface area contributed by atoms with Gasteiger partial charge in [-0.05, 0) is 42.8 Å². The number of aryl methyl sites for hydroxylation is 1. The zero-order valence-corrected chi connectivity index (χ0v) is 16.3. The SMILES string of the molecule is CCOc1ccc2ccccc2c1/C=N/NC(=O)CSc1ccc(C)cc1. The first kappa shape index (κ1) is 19.0. The molecule has 1 amide bonds. The Morgan fingerprint density at radius 3 is 2.67 bits per heavy atom. The number of benzene rings is 3. The van der Waals surface area contributed by atoms with Gasteiger partial charge in [0.1, 0.15) is 5.75 Å². The van der Waals surface area contributed by atoms with Crippen molar-refractivity contribution in [2.45, 2.75) is 18.7 Å². The Balaban J connectivity index is 1.67. The number of nitrogens with one attached hydrogen (secondary N) is 1. The molecular formula is C22H22N2O2S. The maximum absolute atomic E-state index is 12.1. The molecule has 0 aromatic heterocycles. The lowest BCUT2D eigenvalue weighted by atomic mass is 10.0. The molecule has 0 atom stereocenters. The minimum atomic E-state index is -0.143. The molecule has 0 aliphatic rings. The largest absolute Gasteiger partial charge is 0.493 e. The topological polar surface area (TPSA) is 50.7 Å². The van der Waals surface area contributed by atoms with E-state index in [2.05, 4.69) is 10.5 Å². The van der Waals surface area contributed by atoms with Crippen molar-refractivity contribution in [3.63, 3.8) is 0 Å². The lowest BCUT2D eigenvalue weighted by Gasteiger charge is -2.10. The third kappa shape index (κ3) is 5.11. The van der Waals surface area contributed by atoms with E-state index in [0.29, 0.717) is 12.4 Å². The molecule has 0 unspecified atom stereocenters. The number of carbonyl (C=O) groups is 1. The van der Waals surface area contributed by atoms with E-state index >= 15 is 0 Å². The molecular weight excluding hydrogens is 356 g/mol. The Kier molecular flexibility index (Phi) is 6.49. The molecule has 5 heteroatoms. The monoisotopic (exact) mass is 378 g/mol. The Bertz CT molecular complexity index is 952. The highest BCUT2D eigenvalue weighted by Crippen LogP contribution is 2.26. The van der Waals surface area contributed by atoms with Gasteiger partial charge in [0.2, 0.25) is 5.91 Å². The second-order valence-electron chi connectivity index (χ2n) is 6.03. The molecule has 0 radical (unpaired) electrons. The number of rotatable bonds is 7. The number of thioether (sulfide) groups is 1. The van der Waals surface area contributed by atoms with Gasteiger partial charge in [0, 0.05) is 10.5 Å². The molecule has 0 saturated heterocycles. The number of amides is 1. The number of hydrogen-bond acceptors (Lipinski definition) is 4. The summed E-state index contributed by atoms with van der Waals surface area (Å²) in [4.78, 5) is 13.1. The average molecular weight is 378 g/mol. The summed E-state index contributed by atoms with van der Waals surface area (Å²) in [6.07, 6.45) is 1.65. The highest BCUT2D eigenvalue weighted by atomic mass is 32.2. The Labute approximate surface area is 163 Å². The van der Waals surface area contributed by atoms with E-state index < -0.39 is 0 Å². The number of nitrogens with zero attached hydrogens (tertiary/aromatic N) is 1. The van der Waals surface area contributed by atoms with Crippen LogP contribution in [0.4, 0.5) is 0 Å². The molecule has 0 saturated carbocycles. The first-order chi connectivity index (χ1) is 13.2. The predicted octanol–water partition coefficient (Wildman–Crippen LogP) is 4.79. The lowest BCUT2D eigenvalue weighted by molar-refractivity contribution is -0.118. The fraction of sp³-hybridized carbons (Fsp3) is 0.182. The van der Waals surface area contributed by atoms with Crippen LogP contribution in [-0.2, 0) is 4.79 Å². The summed E-state index contributed by atoms with van der Waals surface area (Å²) in [5, 5.41) is 6.28. The maximum Gasteiger partial charge on any atom is 0.250 e. The van der Waals surface area contributed by atoms with Crippen LogP contribution < -0.4 is 10.2 Å². The third-order valence-electron chi connectivity index (χ3n) is 4.00. The molecule has 3 aromatic carbocycles. The lowest BCUT2D eigenvalue weighted by Crippen LogP contribution is -2.19. The summed E-state index contributed by atoms with van der Waals surface area (Å²) >= 11 is 1.49. The van der Waals surface area contributed by atoms with Gasteiger partial charge >= 0.3 is 0 Å². The summed E-state index contributed by atoms with van der Waals surface area (Å²) < 4.78 is 5.71. The van der Waals surface area contributed by atoms with Crippen molar-refractivity contribution in [1.29, 1.82) is 0 Å². The summed E-state index contributed by atoms with van der Waals surface area (Å²) in [5.74, 6) is 0.923. The van der Waals surface area contributed by atoms with Crippen LogP contribution in [0.1, 0.15) is 18.1 Å². The van der Waals surface area contributed by atoms with Gasteiger partial charge < -0.3 is 4.74 Å². The van der Waals surface area contributed by atoms with Crippen LogP contribution in [0.25, 0.3) is 10.8 Å². The zero-order valence-electron chi connectivity index (χ0n) is 15.4. The van der Waals surface area contributed by atoms with Crippen LogP contribution in [0.5, 0.6) is 5.75 Å². The van der Waals surface area contributed by atoms with Crippen molar-refractivity contribution in [3.05, 3.63) is 71.8 Å². The molecule has 0 aliphatic carbocycles. The minimum absolute atomic E-state index is 0.143. The van der Waals surface area contributed by atoms with Gasteiger partial charge in [0.25, 0.3) is 0 Å². The van der Waals surface area contributed by atoms with Crippen LogP contribution in [0.3, 0.4) is 0 Å². The highest BCUT2D eigenvalue weighted by molar-refractivity contribution is 8.00. The van der Waals surface area contributed by atoms with Gasteiger partial charge in [-0.25, -0.2) is 5.43 Å². The Morgan fingerprint density at radius 1 is 1.11 bits per heavy atom. The van der Waals surface area contributed by atoms with Crippen LogP contribution in [0.15, 0.2) is 70.7 Å². The van der Waals surface area contributed by atoms with Crippen molar-refractivity contribution >= 4 is 34.7 Å². The molecule has 0 heterocycles. The smallest absolute Gasteiger partial charge is 0.250 e. The summed E-state index contributed by atoms with van der Waals surface area (Å²) in [7, 11) is 0. The molecule has 0 bridgehead atoms. The molecule has 0 aliphatic heterocycles. The molecule has 3 rings (SSSR count). The summed E-state index contributed by atoms with van der Waals surface area (Å²) in [6.45, 7) is 4.55. The number of fused-ring (bicyclic) bond motifs is 1. The van der Waals surface area contributed by atoms with Crippen LogP contribution in [0, 0.1) is 6.92 Å². The zero-order chi connectivity index (χ0) is 19.1. The summed E-state index contributed by atoms with van der Waals surface area (Å²) in [6, 6.07) is 20.1. The molecule has 4 nitrogen and oxygen atoms in total. The molecule has 3 aromatic rings. The van der Waals surface area contributed by atoms with Gasteiger partial charge in [-0.1, -0.05) is 48.0 Å². The first-order valence-electron chi connectivity index (χ1n) is 8.83. The Morgan fingerprint density at radius 2 is 1.89 bits per heavy atom. The quantitative estimate of drug-likeness (QED) is 0.365. The first-order valence-corrected chi connectivity index (χ1v) is 9.82. The van der Waals surface area contributed by atoms with Gasteiger partial charge in [-0.2, -0.15) is 5.10 Å². The van der Waals surface area contributed by atoms with Crippen molar-refractivity contribution < 1.29 is 9.53 Å². The van der Waals surface area contributed by atoms with Gasteiger partial charge in [-0.3, -0.25) is 4.79 Å². The van der Waals surface area contributed by atoms with E-state index in [-0.39, 0.29) is 5.91 Å². The van der Waals surface area contributed by atoms with Gasteiger partial charge in [0.05, 0.1) is 18.6 Å². The van der Waals surface area contributed by atoms with Gasteiger partial charge in [-0.15, -0.1) is 11.8 Å². The number of ether oxygens (including phenoxy) is 1. The predicted molar refractivity (Wildman–Crippen MR) is 113 cm³/mol. The van der Waals surface area contributed by atoms with Crippen LogP contribution in [-0.4, -0.2) is 24.5 Å². The normalized spacial score (nSPS) is 11.0. The van der Waals surface area contributed by atoms with Crippen molar-refractivity contribution in [3.8, 4) is 5.75 Å². The van der Waals surface area contributed by atoms with E-state index in [9.17, 15) is 4.79 Å². The van der Waals surface area contributed by atoms with E-state index in [1.165, 1.54) is 17.3 Å². The third-order valence-corrected chi connectivity index (χ3v) is 5.02. The summed E-state index contributed by atoms with van der Waals surface area (Å²) in [5.41, 5.74) is 4.67. The fourth-order valence-corrected chi connectivity index (χ4v) is 3.37. The van der Waals surface area contributed by atoms with Crippen LogP contribution >= 0.6 is 11.8 Å². The molecule has 1 N–H and O–H groups in total. The number of carbonyl (C=O) groups excluding carboxylic acids is 1. The maximum atomic E-state index is 12.1. The Hall–Kier alpha value is -2.79. The molecule has 27 heavy (non-hydrogen) atoms. The molecule has 138 valence electrons. The minimum Gasteiger partial charge on any atom is -0.493 e.